The van der Waals surface area contributed by atoms with Gasteiger partial charge in [0.2, 0.25) is 0 Å². The molecule has 1 atom stereocenters. The molecule has 1 aliphatic heterocycles. The maximum Gasteiger partial charge on any atom is 0.145 e. The van der Waals surface area contributed by atoms with Crippen molar-refractivity contribution in [1.82, 2.24) is 24.7 Å². The summed E-state index contributed by atoms with van der Waals surface area (Å²) >= 11 is 0. The van der Waals surface area contributed by atoms with Gasteiger partial charge in [0.05, 0.1) is 19.5 Å². The molecule has 1 aliphatic rings. The summed E-state index contributed by atoms with van der Waals surface area (Å²) in [5.74, 6) is 1.37. The highest BCUT2D eigenvalue weighted by Crippen LogP contribution is 2.34. The highest BCUT2D eigenvalue weighted by molar-refractivity contribution is 5.73. The van der Waals surface area contributed by atoms with Crippen LogP contribution in [0.4, 0.5) is 0 Å². The summed E-state index contributed by atoms with van der Waals surface area (Å²) < 4.78 is 9.37. The van der Waals surface area contributed by atoms with Gasteiger partial charge in [0.25, 0.3) is 0 Å². The quantitative estimate of drug-likeness (QED) is 0.801. The van der Waals surface area contributed by atoms with E-state index in [2.05, 4.69) is 21.6 Å². The Hall–Kier alpha value is -2.34. The Morgan fingerprint density at radius 2 is 2.14 bits per heavy atom. The number of aromatic nitrogens is 4. The molecule has 4 rings (SSSR count). The molecule has 1 N–H and O–H groups in total. The zero-order valence-corrected chi connectivity index (χ0v) is 12.8. The van der Waals surface area contributed by atoms with Crippen molar-refractivity contribution in [2.24, 2.45) is 7.05 Å². The Bertz CT molecular complexity index is 813. The van der Waals surface area contributed by atoms with E-state index in [4.69, 9.17) is 4.74 Å². The van der Waals surface area contributed by atoms with E-state index in [9.17, 15) is 0 Å². The SMILES string of the molecule is COc1cc(-c2cnn(C)c2)cn2ncc(C3CCNC3)c12. The Morgan fingerprint density at radius 1 is 1.23 bits per heavy atom. The van der Waals surface area contributed by atoms with Crippen LogP contribution in [0.5, 0.6) is 5.75 Å². The molecule has 0 saturated carbocycles. The van der Waals surface area contributed by atoms with Crippen LogP contribution in [0.3, 0.4) is 0 Å². The molecule has 6 nitrogen and oxygen atoms in total. The fourth-order valence-corrected chi connectivity index (χ4v) is 3.21. The van der Waals surface area contributed by atoms with Gasteiger partial charge in [-0.2, -0.15) is 10.2 Å². The number of nitrogens with zero attached hydrogens (tertiary/aromatic N) is 4. The molecule has 3 aromatic heterocycles. The van der Waals surface area contributed by atoms with Crippen LogP contribution >= 0.6 is 0 Å². The van der Waals surface area contributed by atoms with Gasteiger partial charge in [0.1, 0.15) is 11.3 Å². The summed E-state index contributed by atoms with van der Waals surface area (Å²) in [7, 11) is 3.63. The summed E-state index contributed by atoms with van der Waals surface area (Å²) in [6.07, 6.45) is 9.01. The van der Waals surface area contributed by atoms with Crippen LogP contribution in [0, 0.1) is 0 Å². The highest BCUT2D eigenvalue weighted by Gasteiger charge is 2.23. The lowest BCUT2D eigenvalue weighted by atomic mass is 9.99. The van der Waals surface area contributed by atoms with Crippen LogP contribution in [0.25, 0.3) is 16.6 Å². The number of rotatable bonds is 3. The molecular formula is C16H19N5O. The van der Waals surface area contributed by atoms with Gasteiger partial charge in [0.15, 0.2) is 0 Å². The highest BCUT2D eigenvalue weighted by atomic mass is 16.5. The number of aryl methyl sites for hydroxylation is 1. The van der Waals surface area contributed by atoms with E-state index in [1.807, 2.05) is 36.4 Å². The number of pyridine rings is 1. The van der Waals surface area contributed by atoms with Gasteiger partial charge in [-0.25, -0.2) is 4.52 Å². The molecule has 0 bridgehead atoms. The molecule has 0 aliphatic carbocycles. The van der Waals surface area contributed by atoms with Crippen molar-refractivity contribution in [3.8, 4) is 16.9 Å². The molecule has 0 aromatic carbocycles. The second-order valence-corrected chi connectivity index (χ2v) is 5.78. The van der Waals surface area contributed by atoms with Crippen molar-refractivity contribution < 1.29 is 4.74 Å². The van der Waals surface area contributed by atoms with Gasteiger partial charge >= 0.3 is 0 Å². The van der Waals surface area contributed by atoms with Gasteiger partial charge in [-0.15, -0.1) is 0 Å². The third-order valence-corrected chi connectivity index (χ3v) is 4.36. The summed E-state index contributed by atoms with van der Waals surface area (Å²) in [6, 6.07) is 2.07. The van der Waals surface area contributed by atoms with Crippen LogP contribution < -0.4 is 10.1 Å². The standard InChI is InChI=1S/C16H19N5O/c1-20-9-13(7-18-20)12-5-15(22-2)16-14(8-19-21(16)10-12)11-3-4-17-6-11/h5,7-11,17H,3-4,6H2,1-2H3. The maximum atomic E-state index is 5.65. The first-order valence-electron chi connectivity index (χ1n) is 7.51. The zero-order chi connectivity index (χ0) is 15.1. The van der Waals surface area contributed by atoms with Crippen molar-refractivity contribution >= 4 is 5.52 Å². The molecule has 1 fully saturated rings. The molecule has 0 spiro atoms. The van der Waals surface area contributed by atoms with Crippen LogP contribution in [0.2, 0.25) is 0 Å². The molecule has 6 heteroatoms. The molecule has 22 heavy (non-hydrogen) atoms. The average molecular weight is 297 g/mol. The fourth-order valence-electron chi connectivity index (χ4n) is 3.21. The number of methoxy groups -OCH3 is 1. The third kappa shape index (κ3) is 2.07. The second-order valence-electron chi connectivity index (χ2n) is 5.78. The minimum absolute atomic E-state index is 0.510. The smallest absolute Gasteiger partial charge is 0.145 e. The molecule has 114 valence electrons. The van der Waals surface area contributed by atoms with Gasteiger partial charge in [-0.05, 0) is 19.0 Å². The number of fused-ring (bicyclic) bond motifs is 1. The van der Waals surface area contributed by atoms with Crippen LogP contribution in [-0.4, -0.2) is 39.6 Å². The van der Waals surface area contributed by atoms with Crippen molar-refractivity contribution in [1.29, 1.82) is 0 Å². The molecular weight excluding hydrogens is 278 g/mol. The van der Waals surface area contributed by atoms with Crippen molar-refractivity contribution in [2.45, 2.75) is 12.3 Å². The Labute approximate surface area is 128 Å². The fraction of sp³-hybridized carbons (Fsp3) is 0.375. The summed E-state index contributed by atoms with van der Waals surface area (Å²) in [6.45, 7) is 2.08. The van der Waals surface area contributed by atoms with E-state index in [1.54, 1.807) is 11.8 Å². The van der Waals surface area contributed by atoms with Gasteiger partial charge in [0, 0.05) is 48.6 Å². The third-order valence-electron chi connectivity index (χ3n) is 4.36. The van der Waals surface area contributed by atoms with Crippen molar-refractivity contribution in [3.05, 3.63) is 36.4 Å². The van der Waals surface area contributed by atoms with Gasteiger partial charge in [-0.3, -0.25) is 4.68 Å². The van der Waals surface area contributed by atoms with Crippen LogP contribution in [-0.2, 0) is 7.05 Å². The molecule has 3 aromatic rings. The number of hydrogen-bond donors (Lipinski definition) is 1. The first-order valence-corrected chi connectivity index (χ1v) is 7.51. The lowest BCUT2D eigenvalue weighted by Gasteiger charge is -2.11. The molecule has 0 amide bonds. The van der Waals surface area contributed by atoms with Crippen LogP contribution in [0.1, 0.15) is 17.9 Å². The summed E-state index contributed by atoms with van der Waals surface area (Å²) in [4.78, 5) is 0. The largest absolute Gasteiger partial charge is 0.494 e. The number of ether oxygens (including phenoxy) is 1. The predicted octanol–water partition coefficient (Wildman–Crippen LogP) is 1.82. The van der Waals surface area contributed by atoms with E-state index in [1.165, 1.54) is 5.56 Å². The topological polar surface area (TPSA) is 56.4 Å². The summed E-state index contributed by atoms with van der Waals surface area (Å²) in [5, 5.41) is 12.2. The first kappa shape index (κ1) is 13.3. The lowest BCUT2D eigenvalue weighted by molar-refractivity contribution is 0.417. The van der Waals surface area contributed by atoms with Crippen molar-refractivity contribution in [2.75, 3.05) is 20.2 Å². The Balaban J connectivity index is 1.87. The minimum Gasteiger partial charge on any atom is -0.494 e. The van der Waals surface area contributed by atoms with E-state index < -0.39 is 0 Å². The van der Waals surface area contributed by atoms with Gasteiger partial charge in [-0.1, -0.05) is 0 Å². The van der Waals surface area contributed by atoms with Gasteiger partial charge < -0.3 is 10.1 Å². The first-order chi connectivity index (χ1) is 10.8. The summed E-state index contributed by atoms with van der Waals surface area (Å²) in [5.41, 5.74) is 4.45. The maximum absolute atomic E-state index is 5.65. The van der Waals surface area contributed by atoms with E-state index in [-0.39, 0.29) is 0 Å². The Kier molecular flexibility index (Phi) is 3.11. The van der Waals surface area contributed by atoms with E-state index in [0.717, 1.165) is 41.9 Å². The average Bonchev–Trinajstić information content (AvgIpc) is 3.25. The van der Waals surface area contributed by atoms with E-state index in [0.29, 0.717) is 5.92 Å². The second kappa shape index (κ2) is 5.14. The molecule has 1 unspecified atom stereocenters. The molecule has 0 radical (unpaired) electrons. The lowest BCUT2D eigenvalue weighted by Crippen LogP contribution is -2.08. The van der Waals surface area contributed by atoms with E-state index >= 15 is 0 Å². The molecule has 4 heterocycles. The molecule has 1 saturated heterocycles. The predicted molar refractivity (Wildman–Crippen MR) is 84.2 cm³/mol. The number of nitrogens with one attached hydrogen (secondary N) is 1. The number of hydrogen-bond acceptors (Lipinski definition) is 4. The van der Waals surface area contributed by atoms with Crippen molar-refractivity contribution in [3.63, 3.8) is 0 Å². The minimum atomic E-state index is 0.510. The monoisotopic (exact) mass is 297 g/mol. The normalized spacial score (nSPS) is 18.2. The zero-order valence-electron chi connectivity index (χ0n) is 12.8. The Morgan fingerprint density at radius 3 is 2.82 bits per heavy atom. The van der Waals surface area contributed by atoms with Crippen LogP contribution in [0.15, 0.2) is 30.9 Å².